The van der Waals surface area contributed by atoms with Crippen molar-refractivity contribution in [1.29, 1.82) is 0 Å². The van der Waals surface area contributed by atoms with Crippen molar-refractivity contribution in [3.63, 3.8) is 0 Å². The van der Waals surface area contributed by atoms with Crippen molar-refractivity contribution >= 4 is 5.78 Å². The second-order valence-corrected chi connectivity index (χ2v) is 4.25. The van der Waals surface area contributed by atoms with Crippen LogP contribution in [0.1, 0.15) is 25.7 Å². The lowest BCUT2D eigenvalue weighted by Gasteiger charge is -2.11. The lowest BCUT2D eigenvalue weighted by atomic mass is 10.2. The van der Waals surface area contributed by atoms with Crippen LogP contribution in [0.15, 0.2) is 12.2 Å². The first-order valence-corrected chi connectivity index (χ1v) is 5.18. The number of carbonyl (C=O) groups is 1. The number of hydrogen-bond acceptors (Lipinski definition) is 2. The quantitative estimate of drug-likeness (QED) is 0.598. The molecule has 2 rings (SSSR count). The van der Waals surface area contributed by atoms with Crippen LogP contribution in [0.2, 0.25) is 0 Å². The first-order valence-electron chi connectivity index (χ1n) is 5.18. The summed E-state index contributed by atoms with van der Waals surface area (Å²) in [6.45, 7) is 0.934. The van der Waals surface area contributed by atoms with E-state index in [-0.39, 0.29) is 0 Å². The van der Waals surface area contributed by atoms with Crippen LogP contribution in [0.4, 0.5) is 0 Å². The molecule has 2 saturated carbocycles. The van der Waals surface area contributed by atoms with Gasteiger partial charge in [-0.05, 0) is 38.8 Å². The summed E-state index contributed by atoms with van der Waals surface area (Å²) < 4.78 is 0. The summed E-state index contributed by atoms with van der Waals surface area (Å²) in [7, 11) is 2.13. The molecule has 0 heterocycles. The van der Waals surface area contributed by atoms with Crippen LogP contribution in [0.3, 0.4) is 0 Å². The van der Waals surface area contributed by atoms with Crippen LogP contribution in [-0.4, -0.2) is 30.3 Å². The molecule has 0 amide bonds. The number of hydrogen-bond donors (Lipinski definition) is 0. The van der Waals surface area contributed by atoms with E-state index in [1.54, 1.807) is 6.08 Å². The minimum atomic E-state index is 0.337. The molecule has 0 atom stereocenters. The van der Waals surface area contributed by atoms with E-state index in [1.807, 2.05) is 6.08 Å². The van der Waals surface area contributed by atoms with Gasteiger partial charge in [0, 0.05) is 18.5 Å². The first-order chi connectivity index (χ1) is 6.27. The van der Waals surface area contributed by atoms with Crippen LogP contribution in [0.25, 0.3) is 0 Å². The van der Waals surface area contributed by atoms with Crippen molar-refractivity contribution in [1.82, 2.24) is 4.90 Å². The van der Waals surface area contributed by atoms with Gasteiger partial charge < -0.3 is 0 Å². The third-order valence-electron chi connectivity index (χ3n) is 2.83. The molecule has 0 saturated heterocycles. The number of carbonyl (C=O) groups excluding carboxylic acids is 1. The van der Waals surface area contributed by atoms with E-state index in [4.69, 9.17) is 0 Å². The molecule has 0 radical (unpaired) electrons. The third-order valence-corrected chi connectivity index (χ3v) is 2.83. The molecule has 13 heavy (non-hydrogen) atoms. The highest BCUT2D eigenvalue weighted by atomic mass is 16.1. The van der Waals surface area contributed by atoms with E-state index in [9.17, 15) is 4.79 Å². The molecule has 0 aromatic heterocycles. The van der Waals surface area contributed by atoms with Crippen LogP contribution in [0.5, 0.6) is 0 Å². The summed E-state index contributed by atoms with van der Waals surface area (Å²) in [4.78, 5) is 13.6. The number of allylic oxidation sites excluding steroid dienone is 1. The predicted molar refractivity (Wildman–Crippen MR) is 52.5 cm³/mol. The molecular weight excluding hydrogens is 162 g/mol. The Bertz CT molecular complexity index is 226. The molecule has 0 N–H and O–H groups in total. The molecule has 0 spiro atoms. The van der Waals surface area contributed by atoms with Crippen LogP contribution in [-0.2, 0) is 4.79 Å². The lowest BCUT2D eigenvalue weighted by molar-refractivity contribution is -0.115. The first kappa shape index (κ1) is 8.95. The number of ketones is 1. The largest absolute Gasteiger partial charge is 0.300 e. The van der Waals surface area contributed by atoms with Gasteiger partial charge in [-0.15, -0.1) is 0 Å². The molecule has 2 aliphatic carbocycles. The Kier molecular flexibility index (Phi) is 2.49. The molecule has 0 aromatic carbocycles. The van der Waals surface area contributed by atoms with Crippen molar-refractivity contribution in [2.75, 3.05) is 13.6 Å². The van der Waals surface area contributed by atoms with Crippen molar-refractivity contribution in [3.05, 3.63) is 12.2 Å². The van der Waals surface area contributed by atoms with Gasteiger partial charge in [-0.3, -0.25) is 9.69 Å². The van der Waals surface area contributed by atoms with Crippen LogP contribution in [0, 0.1) is 5.92 Å². The predicted octanol–water partition coefficient (Wildman–Crippen LogP) is 1.62. The molecule has 0 aliphatic heterocycles. The summed E-state index contributed by atoms with van der Waals surface area (Å²) >= 11 is 0. The van der Waals surface area contributed by atoms with E-state index in [2.05, 4.69) is 11.9 Å². The standard InChI is InChI=1S/C11H17NO/c1-12(10-6-7-10)8-2-3-11(13)9-4-5-9/h2-3,9-10H,4-8H2,1H3. The Hall–Kier alpha value is -0.630. The zero-order valence-corrected chi connectivity index (χ0v) is 8.20. The number of likely N-dealkylation sites (N-methyl/N-ethyl adjacent to an activating group) is 1. The SMILES string of the molecule is CN(CC=CC(=O)C1CC1)C1CC1. The van der Waals surface area contributed by atoms with E-state index >= 15 is 0 Å². The van der Waals surface area contributed by atoms with Crippen LogP contribution >= 0.6 is 0 Å². The minimum Gasteiger partial charge on any atom is -0.300 e. The average molecular weight is 179 g/mol. The lowest BCUT2D eigenvalue weighted by Crippen LogP contribution is -2.20. The van der Waals surface area contributed by atoms with Gasteiger partial charge in [0.2, 0.25) is 0 Å². The van der Waals surface area contributed by atoms with Crippen molar-refractivity contribution in [2.45, 2.75) is 31.7 Å². The Morgan fingerprint density at radius 2 is 2.08 bits per heavy atom. The van der Waals surface area contributed by atoms with E-state index in [0.717, 1.165) is 25.4 Å². The number of nitrogens with zero attached hydrogens (tertiary/aromatic N) is 1. The molecule has 2 nitrogen and oxygen atoms in total. The smallest absolute Gasteiger partial charge is 0.158 e. The maximum absolute atomic E-state index is 11.3. The molecule has 2 aliphatic rings. The number of rotatable bonds is 5. The minimum absolute atomic E-state index is 0.337. The highest BCUT2D eigenvalue weighted by Gasteiger charge is 2.28. The molecule has 0 aromatic rings. The fourth-order valence-electron chi connectivity index (χ4n) is 1.50. The van der Waals surface area contributed by atoms with E-state index < -0.39 is 0 Å². The van der Waals surface area contributed by atoms with Gasteiger partial charge in [-0.25, -0.2) is 0 Å². The molecule has 72 valence electrons. The van der Waals surface area contributed by atoms with E-state index in [1.165, 1.54) is 12.8 Å². The van der Waals surface area contributed by atoms with Gasteiger partial charge in [-0.1, -0.05) is 6.08 Å². The van der Waals surface area contributed by atoms with Gasteiger partial charge in [0.1, 0.15) is 0 Å². The Morgan fingerprint density at radius 1 is 1.38 bits per heavy atom. The zero-order valence-electron chi connectivity index (χ0n) is 8.20. The fraction of sp³-hybridized carbons (Fsp3) is 0.727. The summed E-state index contributed by atoms with van der Waals surface area (Å²) in [5.74, 6) is 0.715. The highest BCUT2D eigenvalue weighted by molar-refractivity contribution is 5.93. The Balaban J connectivity index is 1.67. The van der Waals surface area contributed by atoms with Gasteiger partial charge in [0.15, 0.2) is 5.78 Å². The van der Waals surface area contributed by atoms with Crippen molar-refractivity contribution in [2.24, 2.45) is 5.92 Å². The normalized spacial score (nSPS) is 22.9. The molecule has 2 fully saturated rings. The van der Waals surface area contributed by atoms with Gasteiger partial charge in [-0.2, -0.15) is 0 Å². The third kappa shape index (κ3) is 2.66. The molecular formula is C11H17NO. The monoisotopic (exact) mass is 179 g/mol. The molecule has 0 unspecified atom stereocenters. The fourth-order valence-corrected chi connectivity index (χ4v) is 1.50. The molecule has 2 heteroatoms. The summed E-state index contributed by atoms with van der Waals surface area (Å²) in [5, 5.41) is 0. The summed E-state index contributed by atoms with van der Waals surface area (Å²) in [6.07, 6.45) is 8.68. The maximum Gasteiger partial charge on any atom is 0.158 e. The van der Waals surface area contributed by atoms with Gasteiger partial charge >= 0.3 is 0 Å². The molecule has 0 bridgehead atoms. The van der Waals surface area contributed by atoms with Gasteiger partial charge in [0.25, 0.3) is 0 Å². The van der Waals surface area contributed by atoms with Gasteiger partial charge in [0.05, 0.1) is 0 Å². The van der Waals surface area contributed by atoms with E-state index in [0.29, 0.717) is 11.7 Å². The van der Waals surface area contributed by atoms with Crippen molar-refractivity contribution < 1.29 is 4.79 Å². The second kappa shape index (κ2) is 3.62. The maximum atomic E-state index is 11.3. The topological polar surface area (TPSA) is 20.3 Å². The summed E-state index contributed by atoms with van der Waals surface area (Å²) in [5.41, 5.74) is 0. The second-order valence-electron chi connectivity index (χ2n) is 4.25. The summed E-state index contributed by atoms with van der Waals surface area (Å²) in [6, 6.07) is 0.792. The van der Waals surface area contributed by atoms with Crippen molar-refractivity contribution in [3.8, 4) is 0 Å². The van der Waals surface area contributed by atoms with Crippen LogP contribution < -0.4 is 0 Å². The Morgan fingerprint density at radius 3 is 2.62 bits per heavy atom. The Labute approximate surface area is 79.6 Å². The zero-order chi connectivity index (χ0) is 9.26. The average Bonchev–Trinajstić information content (AvgIpc) is 2.95. The highest BCUT2D eigenvalue weighted by Crippen LogP contribution is 2.30.